The lowest BCUT2D eigenvalue weighted by atomic mass is 10.1. The van der Waals surface area contributed by atoms with Crippen molar-refractivity contribution in [3.05, 3.63) is 0 Å². The van der Waals surface area contributed by atoms with Gasteiger partial charge in [0.2, 0.25) is 11.8 Å². The van der Waals surface area contributed by atoms with Gasteiger partial charge in [0.1, 0.15) is 0 Å². The van der Waals surface area contributed by atoms with E-state index in [0.717, 1.165) is 6.42 Å². The van der Waals surface area contributed by atoms with Crippen LogP contribution in [0.15, 0.2) is 0 Å². The maximum atomic E-state index is 11.4. The van der Waals surface area contributed by atoms with E-state index in [1.807, 2.05) is 6.92 Å². The highest BCUT2D eigenvalue weighted by Gasteiger charge is 2.03. The number of thiol groups is 1. The van der Waals surface area contributed by atoms with Crippen molar-refractivity contribution in [2.75, 3.05) is 32.9 Å². The molecule has 7 heteroatoms. The maximum Gasteiger partial charge on any atom is 0.222 e. The number of amides is 2. The van der Waals surface area contributed by atoms with Gasteiger partial charge in [-0.05, 0) is 19.3 Å². The second-order valence-corrected chi connectivity index (χ2v) is 6.19. The van der Waals surface area contributed by atoms with E-state index in [0.29, 0.717) is 51.7 Å². The van der Waals surface area contributed by atoms with Crippen molar-refractivity contribution < 1.29 is 19.1 Å². The Morgan fingerprint density at radius 2 is 1.55 bits per heavy atom. The van der Waals surface area contributed by atoms with Gasteiger partial charge < -0.3 is 20.1 Å². The number of hydrogen-bond donors (Lipinski definition) is 3. The summed E-state index contributed by atoms with van der Waals surface area (Å²) in [6.07, 6.45) is 1.74. The van der Waals surface area contributed by atoms with Crippen LogP contribution in [-0.4, -0.2) is 50.2 Å². The van der Waals surface area contributed by atoms with E-state index in [1.54, 1.807) is 0 Å². The van der Waals surface area contributed by atoms with Gasteiger partial charge in [-0.3, -0.25) is 9.59 Å². The summed E-state index contributed by atoms with van der Waals surface area (Å²) in [5.41, 5.74) is -0.129. The molecule has 0 aliphatic carbocycles. The monoisotopic (exact) mass is 334 g/mol. The van der Waals surface area contributed by atoms with Gasteiger partial charge in [0.15, 0.2) is 0 Å². The molecule has 0 radical (unpaired) electrons. The summed E-state index contributed by atoms with van der Waals surface area (Å²) >= 11 is 4.06. The highest BCUT2D eigenvalue weighted by molar-refractivity contribution is 7.80. The van der Waals surface area contributed by atoms with E-state index in [2.05, 4.69) is 37.1 Å². The standard InChI is InChI=1S/C15H30N2O4S/c1-12(2)4-5-14(18)16-7-10-20-9-6-15(19)17-8-11-21-13(3)22/h12-13,22H,4-11H2,1-3H3,(H,16,18)(H,17,19)/t13-/m0/s1. The predicted molar refractivity (Wildman–Crippen MR) is 89.9 cm³/mol. The van der Waals surface area contributed by atoms with E-state index < -0.39 is 0 Å². The van der Waals surface area contributed by atoms with Crippen molar-refractivity contribution in [3.63, 3.8) is 0 Å². The molecule has 2 amide bonds. The molecule has 0 unspecified atom stereocenters. The van der Waals surface area contributed by atoms with Crippen molar-refractivity contribution in [2.24, 2.45) is 5.92 Å². The number of hydrogen-bond acceptors (Lipinski definition) is 5. The molecule has 6 nitrogen and oxygen atoms in total. The van der Waals surface area contributed by atoms with Crippen molar-refractivity contribution in [2.45, 2.75) is 45.5 Å². The molecule has 0 saturated heterocycles. The molecule has 0 aromatic heterocycles. The molecule has 0 heterocycles. The van der Waals surface area contributed by atoms with Gasteiger partial charge in [-0.25, -0.2) is 0 Å². The summed E-state index contributed by atoms with van der Waals surface area (Å²) in [5, 5.41) is 5.52. The Hall–Kier alpha value is -0.790. The third-order valence-electron chi connectivity index (χ3n) is 2.77. The normalized spacial score (nSPS) is 12.2. The van der Waals surface area contributed by atoms with Crippen molar-refractivity contribution in [3.8, 4) is 0 Å². The largest absolute Gasteiger partial charge is 0.379 e. The Morgan fingerprint density at radius 3 is 2.14 bits per heavy atom. The van der Waals surface area contributed by atoms with Crippen LogP contribution < -0.4 is 10.6 Å². The molecular weight excluding hydrogens is 304 g/mol. The molecule has 0 saturated carbocycles. The minimum atomic E-state index is -0.129. The Balaban J connectivity index is 3.34. The molecular formula is C15H30N2O4S. The van der Waals surface area contributed by atoms with E-state index in [-0.39, 0.29) is 17.3 Å². The molecule has 130 valence electrons. The van der Waals surface area contributed by atoms with Gasteiger partial charge >= 0.3 is 0 Å². The first-order valence-electron chi connectivity index (χ1n) is 7.82. The minimum Gasteiger partial charge on any atom is -0.379 e. The van der Waals surface area contributed by atoms with E-state index in [4.69, 9.17) is 9.47 Å². The average molecular weight is 334 g/mol. The molecule has 0 fully saturated rings. The van der Waals surface area contributed by atoms with Crippen LogP contribution in [0.1, 0.15) is 40.0 Å². The second-order valence-electron chi connectivity index (χ2n) is 5.46. The van der Waals surface area contributed by atoms with Crippen LogP contribution in [0.2, 0.25) is 0 Å². The van der Waals surface area contributed by atoms with Gasteiger partial charge in [0, 0.05) is 25.9 Å². The number of carbonyl (C=O) groups is 2. The average Bonchev–Trinajstić information content (AvgIpc) is 2.44. The molecule has 0 aromatic carbocycles. The molecule has 2 N–H and O–H groups in total. The van der Waals surface area contributed by atoms with E-state index in [1.165, 1.54) is 0 Å². The minimum absolute atomic E-state index is 0.0495. The molecule has 0 aliphatic rings. The fraction of sp³-hybridized carbons (Fsp3) is 0.867. The summed E-state index contributed by atoms with van der Waals surface area (Å²) in [6, 6.07) is 0. The predicted octanol–water partition coefficient (Wildman–Crippen LogP) is 1.35. The van der Waals surface area contributed by atoms with Crippen LogP contribution in [0.4, 0.5) is 0 Å². The van der Waals surface area contributed by atoms with E-state index in [9.17, 15) is 9.59 Å². The summed E-state index contributed by atoms with van der Waals surface area (Å²) in [7, 11) is 0. The van der Waals surface area contributed by atoms with Gasteiger partial charge in [-0.1, -0.05) is 13.8 Å². The topological polar surface area (TPSA) is 76.7 Å². The van der Waals surface area contributed by atoms with Gasteiger partial charge in [0.05, 0.1) is 25.3 Å². The first-order valence-corrected chi connectivity index (χ1v) is 8.34. The lowest BCUT2D eigenvalue weighted by Gasteiger charge is -2.09. The molecule has 0 rings (SSSR count). The smallest absolute Gasteiger partial charge is 0.222 e. The molecule has 0 spiro atoms. The maximum absolute atomic E-state index is 11.4. The third-order valence-corrected chi connectivity index (χ3v) is 2.92. The van der Waals surface area contributed by atoms with Gasteiger partial charge in [-0.2, -0.15) is 0 Å². The SMILES string of the molecule is CC(C)CCC(=O)NCCOCCC(=O)NCCO[C@H](C)S. The number of rotatable bonds is 13. The molecule has 0 aliphatic heterocycles. The zero-order chi connectivity index (χ0) is 16.8. The summed E-state index contributed by atoms with van der Waals surface area (Å²) in [4.78, 5) is 22.9. The van der Waals surface area contributed by atoms with Crippen LogP contribution in [0, 0.1) is 5.92 Å². The van der Waals surface area contributed by atoms with Gasteiger partial charge in [0.25, 0.3) is 0 Å². The van der Waals surface area contributed by atoms with Crippen LogP contribution in [-0.2, 0) is 19.1 Å². The van der Waals surface area contributed by atoms with Crippen LogP contribution in [0.3, 0.4) is 0 Å². The summed E-state index contributed by atoms with van der Waals surface area (Å²) < 4.78 is 10.5. The highest BCUT2D eigenvalue weighted by atomic mass is 32.1. The summed E-state index contributed by atoms with van der Waals surface area (Å²) in [6.45, 7) is 8.15. The molecule has 22 heavy (non-hydrogen) atoms. The molecule has 0 aromatic rings. The highest BCUT2D eigenvalue weighted by Crippen LogP contribution is 2.02. The zero-order valence-corrected chi connectivity index (χ0v) is 14.8. The van der Waals surface area contributed by atoms with Gasteiger partial charge in [-0.15, -0.1) is 12.6 Å². The number of ether oxygens (including phenoxy) is 2. The Labute approximate surface area is 139 Å². The zero-order valence-electron chi connectivity index (χ0n) is 13.9. The van der Waals surface area contributed by atoms with Crippen LogP contribution in [0.25, 0.3) is 0 Å². The van der Waals surface area contributed by atoms with Crippen molar-refractivity contribution >= 4 is 24.4 Å². The quantitative estimate of drug-likeness (QED) is 0.270. The van der Waals surface area contributed by atoms with Crippen LogP contribution in [0.5, 0.6) is 0 Å². The summed E-state index contributed by atoms with van der Waals surface area (Å²) in [5.74, 6) is 0.506. The first-order chi connectivity index (χ1) is 10.4. The molecule has 0 bridgehead atoms. The van der Waals surface area contributed by atoms with E-state index >= 15 is 0 Å². The lowest BCUT2D eigenvalue weighted by molar-refractivity contribution is -0.123. The van der Waals surface area contributed by atoms with Crippen LogP contribution >= 0.6 is 12.6 Å². The Kier molecular flexibility index (Phi) is 13.3. The van der Waals surface area contributed by atoms with Crippen molar-refractivity contribution in [1.82, 2.24) is 10.6 Å². The Bertz CT molecular complexity index is 312. The first kappa shape index (κ1) is 21.2. The third kappa shape index (κ3) is 15.6. The fourth-order valence-corrected chi connectivity index (χ4v) is 1.65. The Morgan fingerprint density at radius 1 is 0.955 bits per heavy atom. The number of nitrogens with one attached hydrogen (secondary N) is 2. The molecule has 1 atom stereocenters. The fourth-order valence-electron chi connectivity index (χ4n) is 1.55. The van der Waals surface area contributed by atoms with Crippen molar-refractivity contribution in [1.29, 1.82) is 0 Å². The second kappa shape index (κ2) is 13.8. The number of carbonyl (C=O) groups excluding carboxylic acids is 2. The lowest BCUT2D eigenvalue weighted by Crippen LogP contribution is -2.30.